The fraction of sp³-hybridized carbons (Fsp3) is 0.524. The molecule has 0 spiro atoms. The summed E-state index contributed by atoms with van der Waals surface area (Å²) in [6.07, 6.45) is 6.30. The van der Waals surface area contributed by atoms with Crippen LogP contribution in [0.15, 0.2) is 18.5 Å². The number of hydrogen-bond acceptors (Lipinski definition) is 7. The predicted molar refractivity (Wildman–Crippen MR) is 133 cm³/mol. The van der Waals surface area contributed by atoms with Crippen molar-refractivity contribution in [2.45, 2.75) is 49.4 Å². The van der Waals surface area contributed by atoms with E-state index in [2.05, 4.69) is 31.6 Å². The maximum absolute atomic E-state index is 12.3. The number of carbonyl (C=O) groups is 4. The molecule has 6 amide bonds. The van der Waals surface area contributed by atoms with Gasteiger partial charge in [-0.25, -0.2) is 9.59 Å². The van der Waals surface area contributed by atoms with Crippen LogP contribution < -0.4 is 32.3 Å². The van der Waals surface area contributed by atoms with Gasteiger partial charge in [-0.15, -0.1) is 0 Å². The van der Waals surface area contributed by atoms with E-state index < -0.39 is 6.03 Å². The first-order valence-corrected chi connectivity index (χ1v) is 12.5. The fourth-order valence-corrected chi connectivity index (χ4v) is 5.73. The molecule has 34 heavy (non-hydrogen) atoms. The topological polar surface area (TPSA) is 167 Å². The lowest BCUT2D eigenvalue weighted by Gasteiger charge is -2.16. The van der Waals surface area contributed by atoms with E-state index in [0.29, 0.717) is 29.3 Å². The molecule has 1 aromatic rings. The van der Waals surface area contributed by atoms with Gasteiger partial charge in [0, 0.05) is 49.3 Å². The van der Waals surface area contributed by atoms with Gasteiger partial charge in [0.15, 0.2) is 0 Å². The average Bonchev–Trinajstić information content (AvgIpc) is 3.33. The Kier molecular flexibility index (Phi) is 9.45. The molecule has 2 saturated heterocycles. The SMILES string of the molecule is NC(=O)NC(=S)Cc1cncc(C(=O)NCCNC(=O)CCCC[C@@H]2SC[C@@H]3NC(=O)N[C@@H]32)c1. The average molecular weight is 508 g/mol. The highest BCUT2D eigenvalue weighted by molar-refractivity contribution is 8.00. The van der Waals surface area contributed by atoms with Crippen molar-refractivity contribution in [1.29, 1.82) is 0 Å². The number of thioether (sulfide) groups is 1. The lowest BCUT2D eigenvalue weighted by molar-refractivity contribution is -0.121. The van der Waals surface area contributed by atoms with Gasteiger partial charge < -0.3 is 32.3 Å². The highest BCUT2D eigenvalue weighted by atomic mass is 32.2. The molecule has 0 unspecified atom stereocenters. The van der Waals surface area contributed by atoms with Gasteiger partial charge in [-0.05, 0) is 24.5 Å². The molecular weight excluding hydrogens is 478 g/mol. The Labute approximate surface area is 207 Å². The third-order valence-electron chi connectivity index (χ3n) is 5.50. The van der Waals surface area contributed by atoms with Crippen molar-refractivity contribution in [3.8, 4) is 0 Å². The molecule has 0 aliphatic carbocycles. The first-order chi connectivity index (χ1) is 16.3. The van der Waals surface area contributed by atoms with Crippen LogP contribution in [0.2, 0.25) is 0 Å². The van der Waals surface area contributed by atoms with E-state index in [0.717, 1.165) is 25.0 Å². The molecule has 2 aliphatic rings. The van der Waals surface area contributed by atoms with Crippen LogP contribution in [-0.2, 0) is 11.2 Å². The van der Waals surface area contributed by atoms with Crippen molar-refractivity contribution >= 4 is 52.8 Å². The number of nitrogens with one attached hydrogen (secondary N) is 5. The largest absolute Gasteiger partial charge is 0.354 e. The summed E-state index contributed by atoms with van der Waals surface area (Å²) in [5.74, 6) is 0.556. The Balaban J connectivity index is 1.27. The van der Waals surface area contributed by atoms with E-state index in [1.54, 1.807) is 12.3 Å². The molecule has 184 valence electrons. The molecule has 0 bridgehead atoms. The number of thiocarbonyl (C=S) groups is 1. The lowest BCUT2D eigenvalue weighted by atomic mass is 10.0. The molecule has 1 aromatic heterocycles. The molecule has 0 saturated carbocycles. The van der Waals surface area contributed by atoms with Crippen LogP contribution in [0, 0.1) is 0 Å². The van der Waals surface area contributed by atoms with Gasteiger partial charge in [0.05, 0.1) is 22.6 Å². The second-order valence-electron chi connectivity index (χ2n) is 8.14. The molecule has 3 heterocycles. The van der Waals surface area contributed by atoms with Crippen LogP contribution in [0.4, 0.5) is 9.59 Å². The summed E-state index contributed by atoms with van der Waals surface area (Å²) in [6, 6.07) is 1.21. The standard InChI is InChI=1S/C21H29N7O4S2/c22-20(31)27-17(33)8-12-7-13(10-23-9-12)19(30)25-6-5-24-16(29)4-2-1-3-15-18-14(11-34-15)26-21(32)28-18/h7,9-10,14-15,18H,1-6,8,11H2,(H,24,29)(H,25,30)(H2,26,28,32)(H3,22,27,31,33)/t14-,15-,18-/m0/s1. The molecule has 3 rings (SSSR count). The summed E-state index contributed by atoms with van der Waals surface area (Å²) < 4.78 is 0. The summed E-state index contributed by atoms with van der Waals surface area (Å²) in [5.41, 5.74) is 6.05. The number of fused-ring (bicyclic) bond motifs is 1. The molecule has 11 nitrogen and oxygen atoms in total. The number of rotatable bonds is 11. The van der Waals surface area contributed by atoms with Gasteiger partial charge in [0.1, 0.15) is 0 Å². The van der Waals surface area contributed by atoms with Crippen LogP contribution in [0.25, 0.3) is 0 Å². The van der Waals surface area contributed by atoms with E-state index >= 15 is 0 Å². The van der Waals surface area contributed by atoms with E-state index in [-0.39, 0.29) is 47.9 Å². The smallest absolute Gasteiger partial charge is 0.317 e. The Hall–Kier alpha value is -2.93. The molecule has 2 fully saturated rings. The van der Waals surface area contributed by atoms with Crippen molar-refractivity contribution in [2.75, 3.05) is 18.8 Å². The minimum Gasteiger partial charge on any atom is -0.354 e. The number of nitrogens with two attached hydrogens (primary N) is 1. The van der Waals surface area contributed by atoms with Gasteiger partial charge >= 0.3 is 12.1 Å². The number of urea groups is 2. The van der Waals surface area contributed by atoms with E-state index in [9.17, 15) is 19.2 Å². The second-order valence-corrected chi connectivity index (χ2v) is 9.91. The normalized spacial score (nSPS) is 20.6. The molecular formula is C21H29N7O4S2. The van der Waals surface area contributed by atoms with Gasteiger partial charge in [-0.3, -0.25) is 14.6 Å². The number of carbonyl (C=O) groups excluding carboxylic acids is 4. The summed E-state index contributed by atoms with van der Waals surface area (Å²) in [4.78, 5) is 50.9. The van der Waals surface area contributed by atoms with E-state index in [4.69, 9.17) is 18.0 Å². The number of pyridine rings is 1. The maximum Gasteiger partial charge on any atom is 0.317 e. The van der Waals surface area contributed by atoms with Crippen LogP contribution in [0.5, 0.6) is 0 Å². The zero-order chi connectivity index (χ0) is 24.5. The summed E-state index contributed by atoms with van der Waals surface area (Å²) in [5, 5.41) is 14.2. The van der Waals surface area contributed by atoms with Gasteiger partial charge in [0.2, 0.25) is 5.91 Å². The highest BCUT2D eigenvalue weighted by Gasteiger charge is 2.42. The van der Waals surface area contributed by atoms with Crippen molar-refractivity contribution in [2.24, 2.45) is 5.73 Å². The Morgan fingerprint density at radius 3 is 2.76 bits per heavy atom. The molecule has 0 radical (unpaired) electrons. The van der Waals surface area contributed by atoms with Crippen LogP contribution >= 0.6 is 24.0 Å². The van der Waals surface area contributed by atoms with Crippen LogP contribution in [0.1, 0.15) is 41.6 Å². The fourth-order valence-electron chi connectivity index (χ4n) is 3.92. The summed E-state index contributed by atoms with van der Waals surface area (Å²) in [7, 11) is 0. The Morgan fingerprint density at radius 1 is 1.18 bits per heavy atom. The predicted octanol–water partition coefficient (Wildman–Crippen LogP) is 0.192. The summed E-state index contributed by atoms with van der Waals surface area (Å²) >= 11 is 6.89. The van der Waals surface area contributed by atoms with Crippen LogP contribution in [0.3, 0.4) is 0 Å². The van der Waals surface area contributed by atoms with Crippen molar-refractivity contribution in [3.63, 3.8) is 0 Å². The molecule has 7 N–H and O–H groups in total. The monoisotopic (exact) mass is 507 g/mol. The lowest BCUT2D eigenvalue weighted by Crippen LogP contribution is -2.36. The van der Waals surface area contributed by atoms with Crippen molar-refractivity contribution < 1.29 is 19.2 Å². The minimum absolute atomic E-state index is 0.0545. The zero-order valence-electron chi connectivity index (χ0n) is 18.6. The molecule has 0 aromatic carbocycles. The minimum atomic E-state index is -0.739. The number of aromatic nitrogens is 1. The van der Waals surface area contributed by atoms with Gasteiger partial charge in [-0.1, -0.05) is 18.6 Å². The Morgan fingerprint density at radius 2 is 1.97 bits per heavy atom. The number of amides is 6. The highest BCUT2D eigenvalue weighted by Crippen LogP contribution is 2.33. The van der Waals surface area contributed by atoms with Crippen molar-refractivity contribution in [3.05, 3.63) is 29.6 Å². The quantitative estimate of drug-likeness (QED) is 0.141. The van der Waals surface area contributed by atoms with Gasteiger partial charge in [-0.2, -0.15) is 11.8 Å². The number of nitrogens with zero attached hydrogens (tertiary/aromatic N) is 1. The number of unbranched alkanes of at least 4 members (excludes halogenated alkanes) is 1. The zero-order valence-corrected chi connectivity index (χ0v) is 20.2. The van der Waals surface area contributed by atoms with Gasteiger partial charge in [0.25, 0.3) is 5.91 Å². The van der Waals surface area contributed by atoms with E-state index in [1.165, 1.54) is 6.20 Å². The molecule has 3 atom stereocenters. The Bertz CT molecular complexity index is 945. The third kappa shape index (κ3) is 7.83. The number of hydrogen-bond donors (Lipinski definition) is 6. The van der Waals surface area contributed by atoms with E-state index in [1.807, 2.05) is 11.8 Å². The first kappa shape index (κ1) is 25.7. The van der Waals surface area contributed by atoms with Crippen LogP contribution in [-0.4, -0.2) is 70.0 Å². The second kappa shape index (κ2) is 12.5. The summed E-state index contributed by atoms with van der Waals surface area (Å²) in [6.45, 7) is 0.606. The maximum atomic E-state index is 12.3. The number of primary amides is 1. The third-order valence-corrected chi connectivity index (χ3v) is 7.25. The molecule has 13 heteroatoms. The first-order valence-electron chi connectivity index (χ1n) is 11.1. The van der Waals surface area contributed by atoms with Crippen molar-refractivity contribution in [1.82, 2.24) is 31.6 Å². The molecule has 2 aliphatic heterocycles.